The van der Waals surface area contributed by atoms with Gasteiger partial charge in [-0.3, -0.25) is 19.7 Å². The number of hydrogen-bond acceptors (Lipinski definition) is 5. The first-order valence-corrected chi connectivity index (χ1v) is 8.14. The molecule has 0 bridgehead atoms. The van der Waals surface area contributed by atoms with Gasteiger partial charge in [-0.1, -0.05) is 12.1 Å². The maximum absolute atomic E-state index is 12.0. The minimum atomic E-state index is -0.501. The third kappa shape index (κ3) is 5.64. The van der Waals surface area contributed by atoms with Gasteiger partial charge in [-0.25, -0.2) is 5.43 Å². The van der Waals surface area contributed by atoms with Crippen LogP contribution in [0.4, 0.5) is 5.69 Å². The van der Waals surface area contributed by atoms with E-state index in [0.717, 1.165) is 3.57 Å². The van der Waals surface area contributed by atoms with Gasteiger partial charge >= 0.3 is 0 Å². The van der Waals surface area contributed by atoms with Crippen molar-refractivity contribution in [2.45, 2.75) is 0 Å². The first-order valence-electron chi connectivity index (χ1n) is 7.06. The molecule has 0 saturated heterocycles. The highest BCUT2D eigenvalue weighted by molar-refractivity contribution is 14.1. The normalized spacial score (nSPS) is 10.4. The van der Waals surface area contributed by atoms with Crippen LogP contribution in [0.25, 0.3) is 0 Å². The predicted octanol–water partition coefficient (Wildman–Crippen LogP) is 2.08. The Morgan fingerprint density at radius 3 is 2.48 bits per heavy atom. The Morgan fingerprint density at radius 1 is 1.16 bits per heavy atom. The van der Waals surface area contributed by atoms with Gasteiger partial charge in [0.15, 0.2) is 0 Å². The summed E-state index contributed by atoms with van der Waals surface area (Å²) in [5.41, 5.74) is 3.32. The Hall–Kier alpha value is -2.82. The van der Waals surface area contributed by atoms with E-state index in [4.69, 9.17) is 0 Å². The Kier molecular flexibility index (Phi) is 6.57. The van der Waals surface area contributed by atoms with Crippen LogP contribution in [0.2, 0.25) is 0 Å². The second-order valence-electron chi connectivity index (χ2n) is 4.80. The Labute approximate surface area is 156 Å². The number of halogens is 1. The molecule has 0 aliphatic rings. The highest BCUT2D eigenvalue weighted by Gasteiger charge is 2.10. The predicted molar refractivity (Wildman–Crippen MR) is 100 cm³/mol. The van der Waals surface area contributed by atoms with Crippen molar-refractivity contribution < 1.29 is 14.5 Å². The van der Waals surface area contributed by atoms with Crippen molar-refractivity contribution in [1.29, 1.82) is 0 Å². The second kappa shape index (κ2) is 8.87. The molecule has 2 N–H and O–H groups in total. The number of nitro groups is 1. The average molecular weight is 452 g/mol. The van der Waals surface area contributed by atoms with Gasteiger partial charge in [0.1, 0.15) is 0 Å². The summed E-state index contributed by atoms with van der Waals surface area (Å²) in [6.45, 7) is -0.221. The molecule has 0 spiro atoms. The summed E-state index contributed by atoms with van der Waals surface area (Å²) in [5.74, 6) is -0.836. The van der Waals surface area contributed by atoms with E-state index in [9.17, 15) is 19.7 Å². The van der Waals surface area contributed by atoms with E-state index in [1.165, 1.54) is 30.5 Å². The largest absolute Gasteiger partial charge is 0.343 e. The molecule has 9 heteroatoms. The molecule has 0 saturated carbocycles. The standard InChI is InChI=1S/C16H13IN4O4/c17-14-4-2-1-3-13(14)16(23)18-10-15(22)20-19-9-11-5-7-12(8-6-11)21(24)25/h1-9H,10H2,(H,18,23)(H,20,22)/b19-9+. The zero-order valence-electron chi connectivity index (χ0n) is 12.8. The first-order chi connectivity index (χ1) is 12.0. The number of nitro benzene ring substituents is 1. The van der Waals surface area contributed by atoms with Crippen molar-refractivity contribution in [3.8, 4) is 0 Å². The van der Waals surface area contributed by atoms with Crippen LogP contribution in [0.3, 0.4) is 0 Å². The van der Waals surface area contributed by atoms with Gasteiger partial charge < -0.3 is 5.32 Å². The molecule has 2 aromatic carbocycles. The summed E-state index contributed by atoms with van der Waals surface area (Å²) in [6, 6.07) is 12.7. The summed E-state index contributed by atoms with van der Waals surface area (Å²) in [5, 5.41) is 16.8. The topological polar surface area (TPSA) is 114 Å². The van der Waals surface area contributed by atoms with Crippen LogP contribution in [0.5, 0.6) is 0 Å². The number of benzene rings is 2. The maximum Gasteiger partial charge on any atom is 0.269 e. The van der Waals surface area contributed by atoms with Crippen LogP contribution in [0, 0.1) is 13.7 Å². The summed E-state index contributed by atoms with van der Waals surface area (Å²) in [4.78, 5) is 33.7. The molecule has 0 atom stereocenters. The highest BCUT2D eigenvalue weighted by Crippen LogP contribution is 2.11. The number of carbonyl (C=O) groups is 2. The van der Waals surface area contributed by atoms with Crippen molar-refractivity contribution in [1.82, 2.24) is 10.7 Å². The monoisotopic (exact) mass is 452 g/mol. The van der Waals surface area contributed by atoms with E-state index < -0.39 is 10.8 Å². The zero-order chi connectivity index (χ0) is 18.2. The van der Waals surface area contributed by atoms with Gasteiger partial charge in [-0.2, -0.15) is 5.10 Å². The second-order valence-corrected chi connectivity index (χ2v) is 5.97. The number of nitrogens with one attached hydrogen (secondary N) is 2. The fourth-order valence-electron chi connectivity index (χ4n) is 1.80. The fourth-order valence-corrected chi connectivity index (χ4v) is 2.43. The molecule has 2 rings (SSSR count). The zero-order valence-corrected chi connectivity index (χ0v) is 15.0. The lowest BCUT2D eigenvalue weighted by Crippen LogP contribution is -2.35. The molecule has 0 aromatic heterocycles. The van der Waals surface area contributed by atoms with Crippen LogP contribution < -0.4 is 10.7 Å². The van der Waals surface area contributed by atoms with Gasteiger partial charge in [-0.05, 0) is 52.4 Å². The van der Waals surface area contributed by atoms with Gasteiger partial charge in [0.05, 0.1) is 23.2 Å². The quantitative estimate of drug-likeness (QED) is 0.302. The lowest BCUT2D eigenvalue weighted by molar-refractivity contribution is -0.384. The Balaban J connectivity index is 1.81. The summed E-state index contributed by atoms with van der Waals surface area (Å²) in [7, 11) is 0. The molecule has 0 fully saturated rings. The van der Waals surface area contributed by atoms with E-state index in [2.05, 4.69) is 15.8 Å². The van der Waals surface area contributed by atoms with E-state index in [0.29, 0.717) is 11.1 Å². The molecule has 0 aliphatic carbocycles. The number of hydrogen-bond donors (Lipinski definition) is 2. The third-order valence-corrected chi connectivity index (χ3v) is 3.98. The molecule has 128 valence electrons. The number of nitrogens with zero attached hydrogens (tertiary/aromatic N) is 2. The van der Waals surface area contributed by atoms with Crippen molar-refractivity contribution in [3.05, 3.63) is 73.3 Å². The van der Waals surface area contributed by atoms with Crippen LogP contribution in [-0.2, 0) is 4.79 Å². The Bertz CT molecular complexity index is 821. The smallest absolute Gasteiger partial charge is 0.269 e. The highest BCUT2D eigenvalue weighted by atomic mass is 127. The van der Waals surface area contributed by atoms with Crippen LogP contribution >= 0.6 is 22.6 Å². The molecule has 8 nitrogen and oxygen atoms in total. The minimum Gasteiger partial charge on any atom is -0.343 e. The third-order valence-electron chi connectivity index (χ3n) is 3.03. The van der Waals surface area contributed by atoms with Crippen LogP contribution in [0.15, 0.2) is 53.6 Å². The SMILES string of the molecule is O=C(CNC(=O)c1ccccc1I)N/N=C/c1ccc([N+](=O)[O-])cc1. The minimum absolute atomic E-state index is 0.0283. The molecule has 25 heavy (non-hydrogen) atoms. The van der Waals surface area contributed by atoms with Crippen molar-refractivity contribution in [2.75, 3.05) is 6.54 Å². The number of hydrazone groups is 1. The lowest BCUT2D eigenvalue weighted by atomic mass is 10.2. The number of amides is 2. The number of rotatable bonds is 6. The molecule has 0 radical (unpaired) electrons. The molecule has 2 aromatic rings. The van der Waals surface area contributed by atoms with E-state index in [-0.39, 0.29) is 18.1 Å². The summed E-state index contributed by atoms with van der Waals surface area (Å²) < 4.78 is 0.786. The van der Waals surface area contributed by atoms with Gasteiger partial charge in [-0.15, -0.1) is 0 Å². The number of non-ortho nitro benzene ring substituents is 1. The van der Waals surface area contributed by atoms with Gasteiger partial charge in [0.2, 0.25) is 0 Å². The number of carbonyl (C=O) groups excluding carboxylic acids is 2. The molecular formula is C16H13IN4O4. The summed E-state index contributed by atoms with van der Waals surface area (Å²) in [6.07, 6.45) is 1.35. The Morgan fingerprint density at radius 2 is 1.84 bits per heavy atom. The van der Waals surface area contributed by atoms with Crippen molar-refractivity contribution >= 4 is 46.3 Å². The maximum atomic E-state index is 12.0. The first kappa shape index (κ1) is 18.5. The molecular weight excluding hydrogens is 439 g/mol. The van der Waals surface area contributed by atoms with E-state index in [1.807, 2.05) is 28.7 Å². The average Bonchev–Trinajstić information content (AvgIpc) is 2.60. The van der Waals surface area contributed by atoms with E-state index >= 15 is 0 Å². The fraction of sp³-hybridized carbons (Fsp3) is 0.0625. The van der Waals surface area contributed by atoms with Crippen molar-refractivity contribution in [2.24, 2.45) is 5.10 Å². The van der Waals surface area contributed by atoms with Gasteiger partial charge in [0, 0.05) is 15.7 Å². The van der Waals surface area contributed by atoms with Crippen molar-refractivity contribution in [3.63, 3.8) is 0 Å². The molecule has 0 aliphatic heterocycles. The van der Waals surface area contributed by atoms with Crippen LogP contribution in [0.1, 0.15) is 15.9 Å². The van der Waals surface area contributed by atoms with Gasteiger partial charge in [0.25, 0.3) is 17.5 Å². The lowest BCUT2D eigenvalue weighted by Gasteiger charge is -2.05. The van der Waals surface area contributed by atoms with E-state index in [1.54, 1.807) is 18.2 Å². The molecule has 0 unspecified atom stereocenters. The van der Waals surface area contributed by atoms with Crippen LogP contribution in [-0.4, -0.2) is 29.5 Å². The molecule has 0 heterocycles. The molecule has 2 amide bonds. The summed E-state index contributed by atoms with van der Waals surface area (Å²) >= 11 is 2.04.